The van der Waals surface area contributed by atoms with Gasteiger partial charge in [-0.3, -0.25) is 14.5 Å². The maximum absolute atomic E-state index is 14.6. The average Bonchev–Trinajstić information content (AvgIpc) is 3.47. The summed E-state index contributed by atoms with van der Waals surface area (Å²) in [7, 11) is 1.52. The molecule has 1 aromatic heterocycles. The normalized spacial score (nSPS) is 20.2. The van der Waals surface area contributed by atoms with Crippen LogP contribution in [0.1, 0.15) is 17.5 Å². The van der Waals surface area contributed by atoms with Crippen LogP contribution in [0, 0.1) is 11.7 Å². The number of amides is 3. The van der Waals surface area contributed by atoms with Crippen LogP contribution in [0.4, 0.5) is 20.8 Å². The average molecular weight is 530 g/mol. The van der Waals surface area contributed by atoms with Crippen LogP contribution in [0.15, 0.2) is 29.2 Å². The lowest BCUT2D eigenvalue weighted by molar-refractivity contribution is -0.122. The Hall–Kier alpha value is -3.38. The highest BCUT2D eigenvalue weighted by Crippen LogP contribution is 2.34. The molecule has 0 spiro atoms. The Morgan fingerprint density at radius 2 is 2.19 bits per heavy atom. The van der Waals surface area contributed by atoms with Crippen molar-refractivity contribution in [3.8, 4) is 5.75 Å². The van der Waals surface area contributed by atoms with E-state index in [4.69, 9.17) is 9.47 Å². The van der Waals surface area contributed by atoms with Crippen molar-refractivity contribution in [2.24, 2.45) is 5.92 Å². The Balaban J connectivity index is 1.08. The third-order valence-corrected chi connectivity index (χ3v) is 7.65. The number of nitrogens with one attached hydrogen (secondary N) is 3. The number of aromatic nitrogens is 1. The number of ether oxygens (including phenoxy) is 2. The van der Waals surface area contributed by atoms with Gasteiger partial charge in [0.25, 0.3) is 5.91 Å². The molecule has 5 rings (SSSR count). The Bertz CT molecular complexity index is 1230. The molecule has 0 radical (unpaired) electrons. The minimum atomic E-state index is -0.455. The maximum Gasteiger partial charge on any atom is 0.415 e. The van der Waals surface area contributed by atoms with Gasteiger partial charge in [-0.15, -0.1) is 11.8 Å². The van der Waals surface area contributed by atoms with Gasteiger partial charge in [-0.05, 0) is 67.6 Å². The van der Waals surface area contributed by atoms with Crippen molar-refractivity contribution in [3.05, 3.63) is 41.2 Å². The molecule has 1 saturated heterocycles. The number of nitrogens with zero attached hydrogens (tertiary/aromatic N) is 2. The molecule has 1 fully saturated rings. The molecule has 3 N–H and O–H groups in total. The first-order valence-electron chi connectivity index (χ1n) is 12.2. The maximum atomic E-state index is 14.6. The van der Waals surface area contributed by atoms with Crippen LogP contribution in [0.2, 0.25) is 0 Å². The van der Waals surface area contributed by atoms with Gasteiger partial charge in [0.15, 0.2) is 6.61 Å². The molecule has 0 bridgehead atoms. The zero-order valence-corrected chi connectivity index (χ0v) is 21.2. The molecule has 2 aliphatic heterocycles. The summed E-state index contributed by atoms with van der Waals surface area (Å²) in [6, 6.07) is 6.76. The zero-order chi connectivity index (χ0) is 25.9. The molecule has 1 aliphatic carbocycles. The molecule has 12 heteroatoms. The van der Waals surface area contributed by atoms with Crippen LogP contribution in [-0.2, 0) is 27.2 Å². The van der Waals surface area contributed by atoms with E-state index in [2.05, 4.69) is 20.9 Å². The van der Waals surface area contributed by atoms with E-state index in [1.807, 2.05) is 12.1 Å². The predicted octanol–water partition coefficient (Wildman–Crippen LogP) is 2.11. The molecule has 0 saturated carbocycles. The molecule has 10 nitrogen and oxygen atoms in total. The Kier molecular flexibility index (Phi) is 7.47. The zero-order valence-electron chi connectivity index (χ0n) is 20.3. The van der Waals surface area contributed by atoms with Crippen LogP contribution < -0.4 is 25.6 Å². The highest BCUT2D eigenvalue weighted by Gasteiger charge is 2.34. The standard InChI is InChI=1S/C25H28FN5O5S/c1-27-22(32)12-35-17-8-15-6-14(7-18(15)19(26)9-17)10-28-5-4-16-11-31(25(34)36-16)21-3-2-20-24(29-21)30-23(33)13-37-20/h2-3,8-9,14,16,28H,4-7,10-13H2,1H3,(H,27,32)(H,29,30,33). The topological polar surface area (TPSA) is 122 Å². The van der Waals surface area contributed by atoms with Crippen LogP contribution in [0.3, 0.4) is 0 Å². The van der Waals surface area contributed by atoms with E-state index in [9.17, 15) is 18.8 Å². The number of benzene rings is 1. The van der Waals surface area contributed by atoms with Gasteiger partial charge in [0.2, 0.25) is 5.91 Å². The van der Waals surface area contributed by atoms with Crippen LogP contribution in [0.25, 0.3) is 0 Å². The number of hydrogen-bond donors (Lipinski definition) is 3. The van der Waals surface area contributed by atoms with E-state index in [-0.39, 0.29) is 36.3 Å². The Morgan fingerprint density at radius 3 is 3.03 bits per heavy atom. The highest BCUT2D eigenvalue weighted by molar-refractivity contribution is 8.00. The van der Waals surface area contributed by atoms with E-state index in [0.29, 0.717) is 61.2 Å². The molecule has 3 heterocycles. The SMILES string of the molecule is CNC(=O)COc1cc(F)c2c(c1)CC(CNCCC1CN(c3ccc4c(n3)NC(=O)CS4)C(=O)O1)C2. The first kappa shape index (κ1) is 25.3. The lowest BCUT2D eigenvalue weighted by Crippen LogP contribution is -2.29. The summed E-state index contributed by atoms with van der Waals surface area (Å²) < 4.78 is 25.5. The second-order valence-corrected chi connectivity index (χ2v) is 10.3. The third-order valence-electron chi connectivity index (χ3n) is 6.60. The molecule has 37 heavy (non-hydrogen) atoms. The lowest BCUT2D eigenvalue weighted by atomic mass is 10.1. The van der Waals surface area contributed by atoms with Gasteiger partial charge in [-0.1, -0.05) is 0 Å². The number of anilines is 2. The smallest absolute Gasteiger partial charge is 0.415 e. The summed E-state index contributed by atoms with van der Waals surface area (Å²) in [5, 5.41) is 8.61. The minimum absolute atomic E-state index is 0.113. The van der Waals surface area contributed by atoms with Gasteiger partial charge >= 0.3 is 6.09 Å². The molecule has 1 aromatic carbocycles. The largest absolute Gasteiger partial charge is 0.484 e. The van der Waals surface area contributed by atoms with Crippen LogP contribution in [-0.4, -0.2) is 68.0 Å². The van der Waals surface area contributed by atoms with E-state index in [1.54, 1.807) is 6.07 Å². The fourth-order valence-corrected chi connectivity index (χ4v) is 5.49. The number of carbonyl (C=O) groups is 3. The molecule has 2 unspecified atom stereocenters. The molecule has 196 valence electrons. The van der Waals surface area contributed by atoms with Gasteiger partial charge in [-0.2, -0.15) is 0 Å². The Labute approximate surface area is 217 Å². The number of halogens is 1. The fraction of sp³-hybridized carbons (Fsp3) is 0.440. The van der Waals surface area contributed by atoms with Crippen molar-refractivity contribution < 1.29 is 28.2 Å². The number of fused-ring (bicyclic) bond motifs is 2. The number of hydrogen-bond acceptors (Lipinski definition) is 8. The first-order chi connectivity index (χ1) is 17.9. The van der Waals surface area contributed by atoms with Crippen molar-refractivity contribution in [2.45, 2.75) is 30.3 Å². The highest BCUT2D eigenvalue weighted by atomic mass is 32.2. The van der Waals surface area contributed by atoms with Crippen LogP contribution >= 0.6 is 11.8 Å². The van der Waals surface area contributed by atoms with Crippen molar-refractivity contribution in [1.82, 2.24) is 15.6 Å². The summed E-state index contributed by atoms with van der Waals surface area (Å²) >= 11 is 1.42. The summed E-state index contributed by atoms with van der Waals surface area (Å²) in [4.78, 5) is 42.3. The second kappa shape index (κ2) is 10.9. The number of thioether (sulfide) groups is 1. The van der Waals surface area contributed by atoms with E-state index in [1.165, 1.54) is 29.8 Å². The predicted molar refractivity (Wildman–Crippen MR) is 136 cm³/mol. The van der Waals surface area contributed by atoms with Gasteiger partial charge < -0.3 is 25.4 Å². The van der Waals surface area contributed by atoms with Crippen molar-refractivity contribution in [1.29, 1.82) is 0 Å². The molecule has 3 amide bonds. The van der Waals surface area contributed by atoms with Crippen molar-refractivity contribution >= 4 is 41.3 Å². The van der Waals surface area contributed by atoms with Gasteiger partial charge in [0, 0.05) is 13.1 Å². The van der Waals surface area contributed by atoms with Gasteiger partial charge in [0.1, 0.15) is 29.3 Å². The number of likely N-dealkylation sites (N-methyl/N-ethyl adjacent to an activating group) is 1. The summed E-state index contributed by atoms with van der Waals surface area (Å²) in [5.74, 6) is 1.18. The number of rotatable bonds is 9. The number of cyclic esters (lactones) is 1. The monoisotopic (exact) mass is 529 g/mol. The summed E-state index contributed by atoms with van der Waals surface area (Å²) in [5.41, 5.74) is 1.61. The third kappa shape index (κ3) is 5.80. The quantitative estimate of drug-likeness (QED) is 0.423. The molecular weight excluding hydrogens is 501 g/mol. The second-order valence-electron chi connectivity index (χ2n) is 9.24. The molecule has 2 aromatic rings. The van der Waals surface area contributed by atoms with E-state index < -0.39 is 6.09 Å². The number of carbonyl (C=O) groups excluding carboxylic acids is 3. The van der Waals surface area contributed by atoms with Gasteiger partial charge in [0.05, 0.1) is 17.2 Å². The summed E-state index contributed by atoms with van der Waals surface area (Å²) in [6.07, 6.45) is 1.25. The molecule has 2 atom stereocenters. The molecule has 3 aliphatic rings. The van der Waals surface area contributed by atoms with E-state index >= 15 is 0 Å². The first-order valence-corrected chi connectivity index (χ1v) is 13.2. The van der Waals surface area contributed by atoms with Crippen molar-refractivity contribution in [3.63, 3.8) is 0 Å². The van der Waals surface area contributed by atoms with Crippen LogP contribution in [0.5, 0.6) is 5.75 Å². The summed E-state index contributed by atoms with van der Waals surface area (Å²) in [6.45, 7) is 1.58. The fourth-order valence-electron chi connectivity index (χ4n) is 4.73. The number of pyridine rings is 1. The molecular formula is C25H28FN5O5S. The Morgan fingerprint density at radius 1 is 1.32 bits per heavy atom. The van der Waals surface area contributed by atoms with E-state index in [0.717, 1.165) is 16.9 Å². The van der Waals surface area contributed by atoms with Gasteiger partial charge in [-0.25, -0.2) is 14.2 Å². The van der Waals surface area contributed by atoms with Crippen molar-refractivity contribution in [2.75, 3.05) is 49.3 Å². The lowest BCUT2D eigenvalue weighted by Gasteiger charge is -2.18. The minimum Gasteiger partial charge on any atom is -0.484 e.